The average Bonchev–Trinajstić information content (AvgIpc) is 2.97. The third-order valence-corrected chi connectivity index (χ3v) is 4.84. The Morgan fingerprint density at radius 1 is 1.23 bits per heavy atom. The molecule has 0 fully saturated rings. The summed E-state index contributed by atoms with van der Waals surface area (Å²) in [6.45, 7) is 3.07. The minimum atomic E-state index is 0.143. The number of benzene rings is 1. The maximum Gasteiger partial charge on any atom is 0.115 e. The van der Waals surface area contributed by atoms with Crippen LogP contribution in [0.25, 0.3) is 11.1 Å². The van der Waals surface area contributed by atoms with Crippen molar-refractivity contribution in [3.05, 3.63) is 48.0 Å². The molecule has 2 heterocycles. The maximum absolute atomic E-state index is 4.67. The molecule has 1 N–H and O–H groups in total. The van der Waals surface area contributed by atoms with Gasteiger partial charge >= 0.3 is 0 Å². The number of rotatable bonds is 2. The predicted octanol–water partition coefficient (Wildman–Crippen LogP) is 2.78. The van der Waals surface area contributed by atoms with Crippen molar-refractivity contribution in [2.75, 3.05) is 6.54 Å². The molecular formula is C18H20N4. The molecule has 1 unspecified atom stereocenters. The lowest BCUT2D eigenvalue weighted by molar-refractivity contribution is 0.361. The van der Waals surface area contributed by atoms with E-state index in [2.05, 4.69) is 45.4 Å². The Bertz CT molecular complexity index is 723. The summed E-state index contributed by atoms with van der Waals surface area (Å²) >= 11 is 0. The first-order valence-electron chi connectivity index (χ1n) is 7.97. The second-order valence-electron chi connectivity index (χ2n) is 6.27. The number of hydrogen-bond acceptors (Lipinski definition) is 4. The summed E-state index contributed by atoms with van der Waals surface area (Å²) in [7, 11) is 0. The molecule has 1 aromatic carbocycles. The largest absolute Gasteiger partial charge is 0.366 e. The van der Waals surface area contributed by atoms with E-state index in [4.69, 9.17) is 0 Å². The van der Waals surface area contributed by atoms with Crippen LogP contribution in [0.4, 0.5) is 0 Å². The summed E-state index contributed by atoms with van der Waals surface area (Å²) in [5, 5.41) is 3.68. The highest BCUT2D eigenvalue weighted by Crippen LogP contribution is 2.36. The van der Waals surface area contributed by atoms with Gasteiger partial charge in [0.15, 0.2) is 0 Å². The van der Waals surface area contributed by atoms with Gasteiger partial charge in [-0.3, -0.25) is 4.99 Å². The second kappa shape index (κ2) is 5.20. The van der Waals surface area contributed by atoms with Crippen LogP contribution in [-0.4, -0.2) is 27.9 Å². The molecule has 4 rings (SSSR count). The Balaban J connectivity index is 1.68. The minimum absolute atomic E-state index is 0.143. The number of fused-ring (bicyclic) bond motifs is 1. The number of aromatic nitrogens is 2. The first-order valence-corrected chi connectivity index (χ1v) is 7.97. The average molecular weight is 292 g/mol. The Labute approximate surface area is 130 Å². The molecule has 4 heteroatoms. The van der Waals surface area contributed by atoms with E-state index in [1.807, 2.05) is 12.4 Å². The quantitative estimate of drug-likeness (QED) is 0.926. The van der Waals surface area contributed by atoms with Crippen molar-refractivity contribution >= 4 is 5.84 Å². The van der Waals surface area contributed by atoms with Crippen LogP contribution < -0.4 is 5.32 Å². The molecular weight excluding hydrogens is 272 g/mol. The normalized spacial score (nSPS) is 23.0. The van der Waals surface area contributed by atoms with E-state index in [0.29, 0.717) is 0 Å². The molecule has 0 radical (unpaired) electrons. The van der Waals surface area contributed by atoms with E-state index in [1.165, 1.54) is 16.7 Å². The fraction of sp³-hybridized carbons (Fsp3) is 0.389. The Morgan fingerprint density at radius 2 is 2.09 bits per heavy atom. The van der Waals surface area contributed by atoms with E-state index in [1.54, 1.807) is 6.33 Å². The summed E-state index contributed by atoms with van der Waals surface area (Å²) in [6.07, 6.45) is 9.66. The van der Waals surface area contributed by atoms with Gasteiger partial charge in [-0.2, -0.15) is 0 Å². The highest BCUT2D eigenvalue weighted by Gasteiger charge is 2.38. The topological polar surface area (TPSA) is 50.2 Å². The smallest absolute Gasteiger partial charge is 0.115 e. The van der Waals surface area contributed by atoms with Gasteiger partial charge in [0.25, 0.3) is 0 Å². The van der Waals surface area contributed by atoms with Gasteiger partial charge in [0.1, 0.15) is 6.33 Å². The monoisotopic (exact) mass is 292 g/mol. The van der Waals surface area contributed by atoms with Crippen molar-refractivity contribution in [3.63, 3.8) is 0 Å². The lowest BCUT2D eigenvalue weighted by Crippen LogP contribution is -2.49. The summed E-state index contributed by atoms with van der Waals surface area (Å²) < 4.78 is 0. The lowest BCUT2D eigenvalue weighted by atomic mass is 9.76. The van der Waals surface area contributed by atoms with Gasteiger partial charge in [0.05, 0.1) is 17.9 Å². The van der Waals surface area contributed by atoms with Gasteiger partial charge in [0.2, 0.25) is 0 Å². The zero-order valence-corrected chi connectivity index (χ0v) is 12.8. The summed E-state index contributed by atoms with van der Waals surface area (Å²) in [5.74, 6) is 1.16. The fourth-order valence-corrected chi connectivity index (χ4v) is 3.70. The van der Waals surface area contributed by atoms with Gasteiger partial charge < -0.3 is 5.32 Å². The van der Waals surface area contributed by atoms with Gasteiger partial charge in [-0.05, 0) is 36.0 Å². The molecule has 112 valence electrons. The number of amidine groups is 1. The number of aliphatic imine (C=N–C) groups is 1. The lowest BCUT2D eigenvalue weighted by Gasteiger charge is -2.36. The van der Waals surface area contributed by atoms with E-state index in [-0.39, 0.29) is 5.54 Å². The molecule has 1 aliphatic carbocycles. The number of hydrogen-bond donors (Lipinski definition) is 1. The van der Waals surface area contributed by atoms with Crippen LogP contribution in [0, 0.1) is 0 Å². The van der Waals surface area contributed by atoms with E-state index in [9.17, 15) is 0 Å². The van der Waals surface area contributed by atoms with Crippen LogP contribution in [0.1, 0.15) is 30.9 Å². The Morgan fingerprint density at radius 3 is 2.86 bits per heavy atom. The number of nitrogens with one attached hydrogen (secondary N) is 1. The van der Waals surface area contributed by atoms with Crippen molar-refractivity contribution in [2.24, 2.45) is 4.99 Å². The summed E-state index contributed by atoms with van der Waals surface area (Å²) in [6, 6.07) is 6.59. The maximum atomic E-state index is 4.67. The molecule has 1 spiro atoms. The fourth-order valence-electron chi connectivity index (χ4n) is 3.70. The third kappa shape index (κ3) is 2.19. The Kier molecular flexibility index (Phi) is 3.17. The first-order chi connectivity index (χ1) is 10.8. The van der Waals surface area contributed by atoms with E-state index >= 15 is 0 Å². The van der Waals surface area contributed by atoms with Crippen LogP contribution in [0.2, 0.25) is 0 Å². The van der Waals surface area contributed by atoms with Gasteiger partial charge in [-0.1, -0.05) is 25.1 Å². The molecule has 4 nitrogen and oxygen atoms in total. The molecule has 0 amide bonds. The summed E-state index contributed by atoms with van der Waals surface area (Å²) in [5.41, 5.74) is 5.43. The first kappa shape index (κ1) is 13.4. The van der Waals surface area contributed by atoms with Crippen molar-refractivity contribution in [1.82, 2.24) is 15.3 Å². The van der Waals surface area contributed by atoms with Crippen molar-refractivity contribution in [1.29, 1.82) is 0 Å². The zero-order chi connectivity index (χ0) is 15.0. The molecule has 0 saturated heterocycles. The SMILES string of the molecule is CCC1=NCC2(CCc3c(cccc3-c3cncnc3)C2)N1. The summed E-state index contributed by atoms with van der Waals surface area (Å²) in [4.78, 5) is 13.0. The molecule has 22 heavy (non-hydrogen) atoms. The van der Waals surface area contributed by atoms with Crippen LogP contribution in [0.3, 0.4) is 0 Å². The molecule has 2 aliphatic rings. The van der Waals surface area contributed by atoms with Crippen molar-refractivity contribution in [3.8, 4) is 11.1 Å². The van der Waals surface area contributed by atoms with E-state index in [0.717, 1.165) is 43.6 Å². The third-order valence-electron chi connectivity index (χ3n) is 4.84. The predicted molar refractivity (Wildman–Crippen MR) is 88.0 cm³/mol. The molecule has 0 saturated carbocycles. The molecule has 1 atom stereocenters. The highest BCUT2D eigenvalue weighted by molar-refractivity contribution is 5.84. The van der Waals surface area contributed by atoms with Crippen LogP contribution >= 0.6 is 0 Å². The minimum Gasteiger partial charge on any atom is -0.366 e. The van der Waals surface area contributed by atoms with Crippen molar-refractivity contribution in [2.45, 2.75) is 38.1 Å². The molecule has 1 aromatic heterocycles. The van der Waals surface area contributed by atoms with Crippen LogP contribution in [0.5, 0.6) is 0 Å². The van der Waals surface area contributed by atoms with Gasteiger partial charge in [-0.25, -0.2) is 9.97 Å². The molecule has 1 aliphatic heterocycles. The van der Waals surface area contributed by atoms with Gasteiger partial charge in [0, 0.05) is 24.4 Å². The molecule has 0 bridgehead atoms. The standard InChI is InChI=1S/C18H20N4/c1-2-17-21-11-18(22-17)7-6-16-13(8-18)4-3-5-15(16)14-9-19-12-20-10-14/h3-5,9-10,12H,2,6-8,11H2,1H3,(H,21,22). The van der Waals surface area contributed by atoms with Crippen LogP contribution in [-0.2, 0) is 12.8 Å². The second-order valence-corrected chi connectivity index (χ2v) is 6.27. The highest BCUT2D eigenvalue weighted by atomic mass is 15.1. The van der Waals surface area contributed by atoms with Crippen molar-refractivity contribution < 1.29 is 0 Å². The Hall–Kier alpha value is -2.23. The van der Waals surface area contributed by atoms with Gasteiger partial charge in [-0.15, -0.1) is 0 Å². The zero-order valence-electron chi connectivity index (χ0n) is 12.8. The number of nitrogens with zero attached hydrogens (tertiary/aromatic N) is 3. The molecule has 2 aromatic rings. The van der Waals surface area contributed by atoms with Crippen LogP contribution in [0.15, 0.2) is 41.9 Å². The van der Waals surface area contributed by atoms with E-state index < -0.39 is 0 Å².